The van der Waals surface area contributed by atoms with E-state index in [1.165, 1.54) is 28.1 Å². The van der Waals surface area contributed by atoms with E-state index in [-0.39, 0.29) is 17.4 Å². The molecule has 190 valence electrons. The number of carbonyl (C=O) groups excluding carboxylic acids is 2. The summed E-state index contributed by atoms with van der Waals surface area (Å²) in [6.45, 7) is 2.95. The van der Waals surface area contributed by atoms with E-state index in [2.05, 4.69) is 10.6 Å². The summed E-state index contributed by atoms with van der Waals surface area (Å²) in [5.74, 6) is 0.333. The second-order valence-corrected chi connectivity index (χ2v) is 8.16. The summed E-state index contributed by atoms with van der Waals surface area (Å²) in [5.41, 5.74) is 1.58. The van der Waals surface area contributed by atoms with Gasteiger partial charge in [0.25, 0.3) is 5.91 Å². The predicted molar refractivity (Wildman–Crippen MR) is 140 cm³/mol. The van der Waals surface area contributed by atoms with Crippen LogP contribution in [0.5, 0.6) is 17.2 Å². The molecular formula is C28H26N2O7. The first-order chi connectivity index (χ1) is 17.8. The maximum Gasteiger partial charge on any atom is 0.265 e. The molecule has 9 nitrogen and oxygen atoms in total. The van der Waals surface area contributed by atoms with E-state index in [1.807, 2.05) is 0 Å². The molecule has 1 heterocycles. The van der Waals surface area contributed by atoms with E-state index in [9.17, 15) is 14.4 Å². The molecule has 0 aliphatic heterocycles. The minimum Gasteiger partial charge on any atom is -0.493 e. The molecule has 0 aliphatic rings. The quantitative estimate of drug-likeness (QED) is 0.354. The van der Waals surface area contributed by atoms with E-state index in [0.717, 1.165) is 0 Å². The highest BCUT2D eigenvalue weighted by Crippen LogP contribution is 2.37. The Balaban J connectivity index is 1.67. The summed E-state index contributed by atoms with van der Waals surface area (Å²) in [4.78, 5) is 37.5. The number of hydrogen-bond acceptors (Lipinski definition) is 7. The molecule has 37 heavy (non-hydrogen) atoms. The lowest BCUT2D eigenvalue weighted by Crippen LogP contribution is -2.31. The summed E-state index contributed by atoms with van der Waals surface area (Å²) in [5, 5.41) is 5.73. The molecule has 0 saturated heterocycles. The van der Waals surface area contributed by atoms with Crippen LogP contribution in [0.1, 0.15) is 13.8 Å². The van der Waals surface area contributed by atoms with Crippen LogP contribution in [0.2, 0.25) is 0 Å². The Morgan fingerprint density at radius 2 is 1.51 bits per heavy atom. The largest absolute Gasteiger partial charge is 0.493 e. The van der Waals surface area contributed by atoms with E-state index < -0.39 is 17.4 Å². The third-order valence-corrected chi connectivity index (χ3v) is 5.54. The molecule has 1 aromatic heterocycles. The summed E-state index contributed by atoms with van der Waals surface area (Å²) in [6, 6.07) is 18.5. The van der Waals surface area contributed by atoms with Crippen molar-refractivity contribution in [3.63, 3.8) is 0 Å². The van der Waals surface area contributed by atoms with Gasteiger partial charge >= 0.3 is 0 Å². The Labute approximate surface area is 213 Å². The third-order valence-electron chi connectivity index (χ3n) is 5.54. The van der Waals surface area contributed by atoms with Crippen molar-refractivity contribution < 1.29 is 28.2 Å². The molecule has 1 atom stereocenters. The lowest BCUT2D eigenvalue weighted by Gasteiger charge is -2.17. The first kappa shape index (κ1) is 25.3. The number of rotatable bonds is 8. The van der Waals surface area contributed by atoms with E-state index >= 15 is 0 Å². The summed E-state index contributed by atoms with van der Waals surface area (Å²) in [6.07, 6.45) is -1.04. The monoisotopic (exact) mass is 502 g/mol. The molecule has 1 unspecified atom stereocenters. The fraction of sp³-hybridized carbons (Fsp3) is 0.179. The van der Waals surface area contributed by atoms with Crippen LogP contribution in [0.4, 0.5) is 11.4 Å². The molecule has 0 saturated carbocycles. The second-order valence-electron chi connectivity index (χ2n) is 8.16. The van der Waals surface area contributed by atoms with Crippen molar-refractivity contribution in [1.29, 1.82) is 0 Å². The normalized spacial score (nSPS) is 11.5. The van der Waals surface area contributed by atoms with Crippen LogP contribution in [-0.4, -0.2) is 32.1 Å². The minimum atomic E-state index is -1.04. The Hall–Kier alpha value is -4.79. The zero-order valence-corrected chi connectivity index (χ0v) is 20.8. The number of methoxy groups -OCH3 is 2. The van der Waals surface area contributed by atoms with Crippen molar-refractivity contribution in [2.24, 2.45) is 0 Å². The number of nitrogens with one attached hydrogen (secondary N) is 2. The van der Waals surface area contributed by atoms with Crippen LogP contribution in [-0.2, 0) is 9.59 Å². The Morgan fingerprint density at radius 3 is 2.16 bits per heavy atom. The maximum absolute atomic E-state index is 13.4. The van der Waals surface area contributed by atoms with Crippen LogP contribution in [0.25, 0.3) is 22.3 Å². The van der Waals surface area contributed by atoms with Crippen LogP contribution in [0, 0.1) is 0 Å². The molecule has 4 aromatic rings. The van der Waals surface area contributed by atoms with Gasteiger partial charge in [0, 0.05) is 23.9 Å². The molecule has 0 radical (unpaired) electrons. The van der Waals surface area contributed by atoms with Gasteiger partial charge in [0.2, 0.25) is 17.1 Å². The van der Waals surface area contributed by atoms with Crippen molar-refractivity contribution >= 4 is 34.2 Å². The average molecular weight is 503 g/mol. The molecule has 0 fully saturated rings. The lowest BCUT2D eigenvalue weighted by molar-refractivity contribution is -0.122. The number of benzene rings is 3. The van der Waals surface area contributed by atoms with Crippen LogP contribution in [0.15, 0.2) is 75.9 Å². The topological polar surface area (TPSA) is 116 Å². The summed E-state index contributed by atoms with van der Waals surface area (Å²) in [7, 11) is 3.03. The average Bonchev–Trinajstić information content (AvgIpc) is 2.90. The smallest absolute Gasteiger partial charge is 0.265 e. The number of ether oxygens (including phenoxy) is 3. The van der Waals surface area contributed by atoms with Crippen molar-refractivity contribution in [1.82, 2.24) is 0 Å². The van der Waals surface area contributed by atoms with Gasteiger partial charge in [-0.05, 0) is 61.5 Å². The van der Waals surface area contributed by atoms with E-state index in [1.54, 1.807) is 66.7 Å². The van der Waals surface area contributed by atoms with E-state index in [0.29, 0.717) is 39.4 Å². The van der Waals surface area contributed by atoms with Gasteiger partial charge in [0.05, 0.1) is 19.6 Å². The Morgan fingerprint density at radius 1 is 0.865 bits per heavy atom. The fourth-order valence-corrected chi connectivity index (χ4v) is 3.71. The van der Waals surface area contributed by atoms with Crippen molar-refractivity contribution in [3.05, 3.63) is 77.0 Å². The zero-order chi connectivity index (χ0) is 26.5. The van der Waals surface area contributed by atoms with Crippen LogP contribution >= 0.6 is 0 Å². The minimum absolute atomic E-state index is 0.102. The molecule has 0 bridgehead atoms. The number of carbonyl (C=O) groups is 2. The Bertz CT molecular complexity index is 1510. The van der Waals surface area contributed by atoms with Gasteiger partial charge in [0.1, 0.15) is 5.58 Å². The SMILES string of the molecule is COc1ccc(-c2oc3ccccc3c(=O)c2OC(C)C(=O)Nc2ccc(NC(C)=O)cc2)cc1OC. The van der Waals surface area contributed by atoms with Crippen molar-refractivity contribution in [3.8, 4) is 28.6 Å². The predicted octanol–water partition coefficient (Wildman–Crippen LogP) is 4.84. The number of hydrogen-bond donors (Lipinski definition) is 2. The van der Waals surface area contributed by atoms with E-state index in [4.69, 9.17) is 18.6 Å². The van der Waals surface area contributed by atoms with Crippen LogP contribution < -0.4 is 30.3 Å². The highest BCUT2D eigenvalue weighted by molar-refractivity contribution is 5.95. The number of amides is 2. The standard InChI is InChI=1S/C28H26N2O7/c1-16(28(33)30-20-12-10-19(11-13-20)29-17(2)31)36-27-25(32)21-7-5-6-8-22(21)37-26(27)18-9-14-23(34-3)24(15-18)35-4/h5-16H,1-4H3,(H,29,31)(H,30,33). The molecule has 2 amide bonds. The van der Waals surface area contributed by atoms with Crippen molar-refractivity contribution in [2.75, 3.05) is 24.9 Å². The van der Waals surface area contributed by atoms with Gasteiger partial charge in [0.15, 0.2) is 23.4 Å². The third kappa shape index (κ3) is 5.56. The lowest BCUT2D eigenvalue weighted by atomic mass is 10.1. The molecule has 4 rings (SSSR count). The van der Waals surface area contributed by atoms with Crippen LogP contribution in [0.3, 0.4) is 0 Å². The number of fused-ring (bicyclic) bond motifs is 1. The van der Waals surface area contributed by atoms with Gasteiger partial charge in [-0.1, -0.05) is 12.1 Å². The Kier molecular flexibility index (Phi) is 7.43. The molecule has 9 heteroatoms. The molecule has 0 spiro atoms. The molecule has 2 N–H and O–H groups in total. The van der Waals surface area contributed by atoms with Gasteiger partial charge in [-0.2, -0.15) is 0 Å². The van der Waals surface area contributed by atoms with Gasteiger partial charge in [-0.15, -0.1) is 0 Å². The first-order valence-corrected chi connectivity index (χ1v) is 11.4. The molecule has 0 aliphatic carbocycles. The molecular weight excluding hydrogens is 476 g/mol. The highest BCUT2D eigenvalue weighted by Gasteiger charge is 2.24. The first-order valence-electron chi connectivity index (χ1n) is 11.4. The highest BCUT2D eigenvalue weighted by atomic mass is 16.5. The summed E-state index contributed by atoms with van der Waals surface area (Å²) >= 11 is 0. The van der Waals surface area contributed by atoms with Gasteiger partial charge in [-0.3, -0.25) is 14.4 Å². The maximum atomic E-state index is 13.4. The fourth-order valence-electron chi connectivity index (χ4n) is 3.71. The second kappa shape index (κ2) is 10.9. The van der Waals surface area contributed by atoms with Crippen molar-refractivity contribution in [2.45, 2.75) is 20.0 Å². The van der Waals surface area contributed by atoms with Gasteiger partial charge in [-0.25, -0.2) is 0 Å². The number of anilines is 2. The molecule has 3 aromatic carbocycles. The number of para-hydroxylation sites is 1. The summed E-state index contributed by atoms with van der Waals surface area (Å²) < 4.78 is 22.7. The zero-order valence-electron chi connectivity index (χ0n) is 20.8. The van der Waals surface area contributed by atoms with Gasteiger partial charge < -0.3 is 29.3 Å².